The van der Waals surface area contributed by atoms with Crippen molar-refractivity contribution in [3.05, 3.63) is 35.5 Å². The van der Waals surface area contributed by atoms with Crippen molar-refractivity contribution in [3.8, 4) is 6.07 Å². The molecule has 0 saturated carbocycles. The van der Waals surface area contributed by atoms with Crippen LogP contribution in [-0.2, 0) is 21.4 Å². The van der Waals surface area contributed by atoms with Crippen LogP contribution >= 0.6 is 0 Å². The van der Waals surface area contributed by atoms with Gasteiger partial charge in [0, 0.05) is 25.8 Å². The molecule has 1 unspecified atom stereocenters. The predicted molar refractivity (Wildman–Crippen MR) is 109 cm³/mol. The molecule has 2 aromatic heterocycles. The molecule has 0 aromatic carbocycles. The number of aryl methyl sites for hydroxylation is 3. The maximum Gasteiger partial charge on any atom is 0.246 e. The van der Waals surface area contributed by atoms with Gasteiger partial charge in [0.2, 0.25) is 15.9 Å². The highest BCUT2D eigenvalue weighted by molar-refractivity contribution is 7.89. The Morgan fingerprint density at radius 1 is 1.40 bits per heavy atom. The molecule has 1 saturated heterocycles. The van der Waals surface area contributed by atoms with Gasteiger partial charge in [-0.1, -0.05) is 12.1 Å². The summed E-state index contributed by atoms with van der Waals surface area (Å²) in [5.41, 5.74) is 0.705. The molecule has 0 bridgehead atoms. The third-order valence-electron chi connectivity index (χ3n) is 5.53. The second-order valence-corrected chi connectivity index (χ2v) is 9.47. The Bertz CT molecular complexity index is 1020. The molecule has 1 fully saturated rings. The van der Waals surface area contributed by atoms with E-state index in [1.807, 2.05) is 0 Å². The van der Waals surface area contributed by atoms with Gasteiger partial charge in [-0.3, -0.25) is 4.79 Å². The number of nitrogens with zero attached hydrogens (tertiary/aromatic N) is 4. The largest absolute Gasteiger partial charge is 0.360 e. The molecule has 0 aliphatic carbocycles. The minimum Gasteiger partial charge on any atom is -0.360 e. The normalized spacial score (nSPS) is 16.4. The zero-order chi connectivity index (χ0) is 21.9. The van der Waals surface area contributed by atoms with Gasteiger partial charge >= 0.3 is 0 Å². The summed E-state index contributed by atoms with van der Waals surface area (Å²) in [6.45, 7) is 6.77. The van der Waals surface area contributed by atoms with Crippen molar-refractivity contribution in [3.63, 3.8) is 0 Å². The standard InChI is InChI=1S/C20H27N5O4S/c1-14-6-10-25(11-7-14)20(26)18(8-12-24-9-4-5-17(24)13-21)23-30(27,28)19-15(2)22-29-16(19)3/h4-5,9,14,18,23H,6-8,10-12H2,1-3H3. The highest BCUT2D eigenvalue weighted by atomic mass is 32.2. The topological polar surface area (TPSA) is 121 Å². The number of nitrogens with one attached hydrogen (secondary N) is 1. The van der Waals surface area contributed by atoms with Crippen molar-refractivity contribution in [2.24, 2.45) is 5.92 Å². The average molecular weight is 434 g/mol. The Morgan fingerprint density at radius 2 is 2.10 bits per heavy atom. The van der Waals surface area contributed by atoms with Gasteiger partial charge in [0.1, 0.15) is 28.4 Å². The first-order valence-electron chi connectivity index (χ1n) is 10.0. The first-order chi connectivity index (χ1) is 14.2. The summed E-state index contributed by atoms with van der Waals surface area (Å²) < 4.78 is 35.3. The lowest BCUT2D eigenvalue weighted by molar-refractivity contribution is -0.134. The number of hydrogen-bond donors (Lipinski definition) is 1. The maximum atomic E-state index is 13.2. The van der Waals surface area contributed by atoms with Crippen LogP contribution in [0, 0.1) is 31.1 Å². The molecule has 0 radical (unpaired) electrons. The molecule has 3 rings (SSSR count). The Balaban J connectivity index is 1.83. The van der Waals surface area contributed by atoms with Crippen LogP contribution in [0.3, 0.4) is 0 Å². The summed E-state index contributed by atoms with van der Waals surface area (Å²) in [5.74, 6) is 0.475. The van der Waals surface area contributed by atoms with Crippen LogP contribution in [0.2, 0.25) is 0 Å². The van der Waals surface area contributed by atoms with E-state index < -0.39 is 16.1 Å². The van der Waals surface area contributed by atoms with Gasteiger partial charge in [-0.15, -0.1) is 0 Å². The van der Waals surface area contributed by atoms with Crippen LogP contribution in [0.15, 0.2) is 27.7 Å². The van der Waals surface area contributed by atoms with Gasteiger partial charge in [-0.25, -0.2) is 8.42 Å². The number of aromatic nitrogens is 2. The second kappa shape index (κ2) is 9.02. The lowest BCUT2D eigenvalue weighted by atomic mass is 9.98. The molecular formula is C20H27N5O4S. The van der Waals surface area contributed by atoms with Crippen molar-refractivity contribution in [1.82, 2.24) is 19.3 Å². The number of hydrogen-bond acceptors (Lipinski definition) is 6. The number of likely N-dealkylation sites (tertiary alicyclic amines) is 1. The summed E-state index contributed by atoms with van der Waals surface area (Å²) in [6, 6.07) is 4.56. The molecule has 1 atom stereocenters. The molecule has 1 amide bonds. The van der Waals surface area contributed by atoms with Gasteiger partial charge in [0.25, 0.3) is 0 Å². The lowest BCUT2D eigenvalue weighted by Gasteiger charge is -2.33. The van der Waals surface area contributed by atoms with Crippen molar-refractivity contribution < 1.29 is 17.7 Å². The van der Waals surface area contributed by atoms with Crippen LogP contribution in [0.4, 0.5) is 0 Å². The number of carbonyl (C=O) groups excluding carboxylic acids is 1. The van der Waals surface area contributed by atoms with E-state index >= 15 is 0 Å². The molecule has 1 aliphatic rings. The summed E-state index contributed by atoms with van der Waals surface area (Å²) in [7, 11) is -4.01. The van der Waals surface area contributed by atoms with E-state index in [0.717, 1.165) is 12.8 Å². The van der Waals surface area contributed by atoms with E-state index in [-0.39, 0.29) is 28.7 Å². The van der Waals surface area contributed by atoms with Crippen molar-refractivity contribution in [2.45, 2.75) is 57.5 Å². The number of carbonyl (C=O) groups is 1. The number of rotatable bonds is 7. The SMILES string of the molecule is Cc1noc(C)c1S(=O)(=O)NC(CCn1cccc1C#N)C(=O)N1CCC(C)CC1. The van der Waals surface area contributed by atoms with Gasteiger partial charge in [-0.05, 0) is 51.2 Å². The van der Waals surface area contributed by atoms with E-state index in [1.165, 1.54) is 6.92 Å². The Kier molecular flexibility index (Phi) is 6.63. The molecular weight excluding hydrogens is 406 g/mol. The molecule has 3 heterocycles. The zero-order valence-electron chi connectivity index (χ0n) is 17.5. The predicted octanol–water partition coefficient (Wildman–Crippen LogP) is 1.96. The molecule has 0 spiro atoms. The fourth-order valence-corrected chi connectivity index (χ4v) is 5.32. The van der Waals surface area contributed by atoms with E-state index in [9.17, 15) is 18.5 Å². The monoisotopic (exact) mass is 433 g/mol. The molecule has 162 valence electrons. The Labute approximate surface area is 176 Å². The number of piperidine rings is 1. The van der Waals surface area contributed by atoms with Crippen LogP contribution < -0.4 is 4.72 Å². The fourth-order valence-electron chi connectivity index (χ4n) is 3.77. The van der Waals surface area contributed by atoms with Crippen molar-refractivity contribution >= 4 is 15.9 Å². The number of amides is 1. The van der Waals surface area contributed by atoms with Gasteiger partial charge in [-0.2, -0.15) is 9.98 Å². The molecule has 2 aromatic rings. The Morgan fingerprint density at radius 3 is 2.70 bits per heavy atom. The van der Waals surface area contributed by atoms with Crippen molar-refractivity contribution in [2.75, 3.05) is 13.1 Å². The van der Waals surface area contributed by atoms with E-state index in [1.54, 1.807) is 34.7 Å². The van der Waals surface area contributed by atoms with Crippen LogP contribution in [0.5, 0.6) is 0 Å². The van der Waals surface area contributed by atoms with E-state index in [0.29, 0.717) is 31.2 Å². The lowest BCUT2D eigenvalue weighted by Crippen LogP contribution is -2.51. The first kappa shape index (κ1) is 22.1. The van der Waals surface area contributed by atoms with E-state index in [4.69, 9.17) is 4.52 Å². The molecule has 10 heteroatoms. The molecule has 1 aliphatic heterocycles. The summed E-state index contributed by atoms with van der Waals surface area (Å²) >= 11 is 0. The third-order valence-corrected chi connectivity index (χ3v) is 7.25. The highest BCUT2D eigenvalue weighted by Crippen LogP contribution is 2.21. The highest BCUT2D eigenvalue weighted by Gasteiger charge is 2.33. The minimum absolute atomic E-state index is 0.0359. The quantitative estimate of drug-likeness (QED) is 0.712. The third kappa shape index (κ3) is 4.74. The summed E-state index contributed by atoms with van der Waals surface area (Å²) in [4.78, 5) is 14.9. The minimum atomic E-state index is -4.01. The average Bonchev–Trinajstić information content (AvgIpc) is 3.30. The maximum absolute atomic E-state index is 13.2. The first-order valence-corrected chi connectivity index (χ1v) is 11.5. The number of sulfonamides is 1. The van der Waals surface area contributed by atoms with Crippen molar-refractivity contribution in [1.29, 1.82) is 5.26 Å². The van der Waals surface area contributed by atoms with Crippen LogP contribution in [0.25, 0.3) is 0 Å². The van der Waals surface area contributed by atoms with E-state index in [2.05, 4.69) is 22.9 Å². The molecule has 30 heavy (non-hydrogen) atoms. The van der Waals surface area contributed by atoms with Crippen LogP contribution in [0.1, 0.15) is 43.3 Å². The number of nitriles is 1. The summed E-state index contributed by atoms with van der Waals surface area (Å²) in [6.07, 6.45) is 3.75. The smallest absolute Gasteiger partial charge is 0.246 e. The van der Waals surface area contributed by atoms with Gasteiger partial charge < -0.3 is 14.0 Å². The zero-order valence-corrected chi connectivity index (χ0v) is 18.3. The summed E-state index contributed by atoms with van der Waals surface area (Å²) in [5, 5.41) is 12.9. The van der Waals surface area contributed by atoms with Gasteiger partial charge in [0.15, 0.2) is 5.76 Å². The van der Waals surface area contributed by atoms with Gasteiger partial charge in [0.05, 0.1) is 0 Å². The fraction of sp³-hybridized carbons (Fsp3) is 0.550. The molecule has 9 nitrogen and oxygen atoms in total. The Hall–Kier alpha value is -2.64. The second-order valence-electron chi connectivity index (χ2n) is 7.82. The van der Waals surface area contributed by atoms with Crippen LogP contribution in [-0.4, -0.2) is 48.1 Å². The molecule has 1 N–H and O–H groups in total.